The van der Waals surface area contributed by atoms with Crippen LogP contribution in [-0.4, -0.2) is 92.3 Å². The van der Waals surface area contributed by atoms with Gasteiger partial charge >= 0.3 is 6.18 Å². The van der Waals surface area contributed by atoms with Crippen LogP contribution in [0.4, 0.5) is 13.2 Å². The molecule has 1 aromatic carbocycles. The van der Waals surface area contributed by atoms with E-state index in [0.29, 0.717) is 17.8 Å². The molecule has 2 fully saturated rings. The number of carbonyl (C=O) groups is 2. The van der Waals surface area contributed by atoms with Crippen molar-refractivity contribution in [2.75, 3.05) is 33.0 Å². The molecule has 1 aromatic heterocycles. The number of pyridine rings is 1. The van der Waals surface area contributed by atoms with Gasteiger partial charge in [-0.1, -0.05) is 70.7 Å². The second kappa shape index (κ2) is 43.2. The number of nitrogens with one attached hydrogen (secondary N) is 4. The minimum atomic E-state index is -4.36. The fourth-order valence-corrected chi connectivity index (χ4v) is 7.44. The first-order chi connectivity index (χ1) is 32.8. The lowest BCUT2D eigenvalue weighted by molar-refractivity contribution is -0.131. The summed E-state index contributed by atoms with van der Waals surface area (Å²) in [6.07, 6.45) is 33.4. The molecule has 2 aromatic rings. The minimum absolute atomic E-state index is 0.00950. The number of carbonyl (C=O) groups excluding carboxylic acids is 2. The summed E-state index contributed by atoms with van der Waals surface area (Å²) in [4.78, 5) is 39.8. The molecule has 1 aliphatic carbocycles. The Bertz CT molecular complexity index is 2040. The van der Waals surface area contributed by atoms with Gasteiger partial charge in [0, 0.05) is 60.5 Å². The molecule has 0 radical (unpaired) electrons. The Morgan fingerprint density at radius 3 is 1.99 bits per heavy atom. The molecule has 5 rings (SSSR count). The Balaban J connectivity index is -0.000000255. The van der Waals surface area contributed by atoms with Crippen LogP contribution in [0.5, 0.6) is 5.75 Å². The van der Waals surface area contributed by atoms with Gasteiger partial charge in [0.2, 0.25) is 22.3 Å². The Morgan fingerprint density at radius 1 is 1.03 bits per heavy atom. The highest BCUT2D eigenvalue weighted by Gasteiger charge is 2.42. The summed E-state index contributed by atoms with van der Waals surface area (Å²) in [6.45, 7) is 30.4. The van der Waals surface area contributed by atoms with Crippen LogP contribution >= 0.6 is 11.8 Å². The number of aromatic amines is 1. The molecule has 2 aliphatic heterocycles. The van der Waals surface area contributed by atoms with Crippen LogP contribution in [-0.2, 0) is 19.6 Å². The maximum atomic E-state index is 12.7. The fraction of sp³-hybridized carbons (Fsp3) is 0.442. The number of allylic oxidation sites excluding steroid dienone is 5. The Labute approximate surface area is 417 Å². The maximum Gasteiger partial charge on any atom is 0.431 e. The van der Waals surface area contributed by atoms with E-state index < -0.39 is 27.4 Å². The molecule has 1 saturated heterocycles. The van der Waals surface area contributed by atoms with E-state index in [9.17, 15) is 36.0 Å². The number of nitrogens with zero attached hydrogens (tertiary/aromatic N) is 2. The largest absolute Gasteiger partial charge is 0.497 e. The van der Waals surface area contributed by atoms with Crippen LogP contribution in [0, 0.1) is 44.5 Å². The Morgan fingerprint density at radius 2 is 1.59 bits per heavy atom. The average molecular weight is 1010 g/mol. The summed E-state index contributed by atoms with van der Waals surface area (Å²) in [5.41, 5.74) is 1.37. The predicted octanol–water partition coefficient (Wildman–Crippen LogP) is 10.2. The molecule has 0 bridgehead atoms. The standard InChI is InChI=1S/C16H17NO2.C12H18F3N3OS.C6H13NO2S.C4H7NO.C4H10.2C2H4.3C2H2/c1-4-6-11(5-2)14-10-16(18)13-8-7-12(19-3)9-15(13)17-14;1-8-4-3-5-18(8)10(19)6-16-11-17(2)9(7-20-11)12(13,14)15;1-3-5-6-10(8,9)7-4-2;6-3-5-4-1-2-4;1-4(2)3;5*1-2/h4-10H,1-3H3,(H,17,18);7-8,11,16H,3-6H2,1-2H3;4,7H,2-3,5-6H2,1H3;3-4H,1-2H2,(H,5,6);4H,1-3H3;2*1-2H2;3*1-2H/b6-4-,11-5+;;;;;;;;;. The summed E-state index contributed by atoms with van der Waals surface area (Å²) in [6, 6.07) is 7.79. The number of likely N-dealkylation sites (tertiary alicyclic amines) is 1. The zero-order chi connectivity index (χ0) is 54.8. The molecule has 12 nitrogen and oxygen atoms in total. The number of sulfonamides is 1. The molecule has 69 heavy (non-hydrogen) atoms. The SMILES string of the molecule is C#C.C#C.C#C.C/C=C\C(=C/C)c1cc(=O)c2ccc(OC)cc2[nH]1.C=C.C=C.C=CNS(=O)(=O)CCCC.CC(C)C.CC1CCCN1C(=O)CNC1SC=C(C(F)(F)F)N1C.O=CNC1CC1. The number of hydrogen-bond acceptors (Lipinski definition) is 9. The summed E-state index contributed by atoms with van der Waals surface area (Å²) in [5.74, 6) is 1.70. The van der Waals surface area contributed by atoms with Crippen LogP contribution in [0.15, 0.2) is 97.5 Å². The number of aromatic nitrogens is 1. The van der Waals surface area contributed by atoms with Crippen molar-refractivity contribution in [1.82, 2.24) is 30.1 Å². The minimum Gasteiger partial charge on any atom is -0.497 e. The van der Waals surface area contributed by atoms with Crippen molar-refractivity contribution in [2.24, 2.45) is 5.92 Å². The first-order valence-corrected chi connectivity index (χ1v) is 24.4. The number of halogens is 3. The average Bonchev–Trinajstić information content (AvgIpc) is 3.93. The number of benzene rings is 1. The van der Waals surface area contributed by atoms with Gasteiger partial charge in [0.05, 0.1) is 24.9 Å². The van der Waals surface area contributed by atoms with E-state index in [1.807, 2.05) is 52.0 Å². The van der Waals surface area contributed by atoms with E-state index in [1.54, 1.807) is 30.2 Å². The first kappa shape index (κ1) is 71.9. The van der Waals surface area contributed by atoms with Gasteiger partial charge in [0.1, 0.15) is 16.9 Å². The highest BCUT2D eigenvalue weighted by molar-refractivity contribution is 8.02. The van der Waals surface area contributed by atoms with E-state index in [1.165, 1.54) is 26.1 Å². The molecule has 3 aliphatic rings. The molecule has 2 amide bonds. The Hall–Kier alpha value is -6.06. The number of thioether (sulfide) groups is 1. The number of methoxy groups -OCH3 is 1. The van der Waals surface area contributed by atoms with Gasteiger partial charge in [-0.3, -0.25) is 24.4 Å². The molecule has 2 unspecified atom stereocenters. The van der Waals surface area contributed by atoms with Crippen LogP contribution in [0.1, 0.15) is 92.7 Å². The molecule has 17 heteroatoms. The van der Waals surface area contributed by atoms with Crippen molar-refractivity contribution in [2.45, 2.75) is 111 Å². The molecule has 4 N–H and O–H groups in total. The number of hydrogen-bond donors (Lipinski definition) is 4. The van der Waals surface area contributed by atoms with Crippen molar-refractivity contribution in [3.63, 3.8) is 0 Å². The zero-order valence-electron chi connectivity index (χ0n) is 42.2. The highest BCUT2D eigenvalue weighted by atomic mass is 32.2. The van der Waals surface area contributed by atoms with Crippen LogP contribution < -0.4 is 25.5 Å². The number of rotatable bonds is 13. The lowest BCUT2D eigenvalue weighted by Crippen LogP contribution is -2.46. The fourth-order valence-electron chi connectivity index (χ4n) is 5.36. The lowest BCUT2D eigenvalue weighted by Gasteiger charge is -2.27. The maximum absolute atomic E-state index is 12.7. The second-order valence-corrected chi connectivity index (χ2v) is 17.4. The topological polar surface area (TPSA) is 153 Å². The molecular weight excluding hydrogens is 926 g/mol. The molecule has 1 saturated carbocycles. The summed E-state index contributed by atoms with van der Waals surface area (Å²) in [7, 11) is -0.0755. The molecule has 0 spiro atoms. The zero-order valence-corrected chi connectivity index (χ0v) is 43.9. The van der Waals surface area contributed by atoms with Gasteiger partial charge in [0.15, 0.2) is 5.43 Å². The van der Waals surface area contributed by atoms with Gasteiger partial charge < -0.3 is 24.8 Å². The number of H-pyrrole nitrogens is 1. The second-order valence-electron chi connectivity index (χ2n) is 14.5. The lowest BCUT2D eigenvalue weighted by atomic mass is 10.1. The quantitative estimate of drug-likeness (QED) is 0.0665. The van der Waals surface area contributed by atoms with Gasteiger partial charge in [0.25, 0.3) is 0 Å². The van der Waals surface area contributed by atoms with Crippen molar-refractivity contribution in [3.8, 4) is 44.3 Å². The van der Waals surface area contributed by atoms with Gasteiger partial charge in [-0.2, -0.15) is 13.2 Å². The van der Waals surface area contributed by atoms with Crippen LogP contribution in [0.2, 0.25) is 0 Å². The normalized spacial score (nSPS) is 15.3. The van der Waals surface area contributed by atoms with Gasteiger partial charge in [-0.05, 0) is 76.5 Å². The summed E-state index contributed by atoms with van der Waals surface area (Å²) < 4.78 is 67.0. The highest BCUT2D eigenvalue weighted by Crippen LogP contribution is 2.38. The van der Waals surface area contributed by atoms with E-state index in [0.717, 1.165) is 82.7 Å². The smallest absolute Gasteiger partial charge is 0.431 e. The van der Waals surface area contributed by atoms with Gasteiger partial charge in [-0.15, -0.1) is 64.9 Å². The third-order valence-electron chi connectivity index (χ3n) is 8.55. The van der Waals surface area contributed by atoms with E-state index >= 15 is 0 Å². The van der Waals surface area contributed by atoms with Crippen molar-refractivity contribution in [1.29, 1.82) is 0 Å². The number of terminal acetylenes is 3. The van der Waals surface area contributed by atoms with Gasteiger partial charge in [-0.25, -0.2) is 8.42 Å². The van der Waals surface area contributed by atoms with Crippen molar-refractivity contribution in [3.05, 3.63) is 109 Å². The molecular formula is C52H79F3N6O6S2. The summed E-state index contributed by atoms with van der Waals surface area (Å²) in [5, 5.41) is 7.27. The molecule has 386 valence electrons. The first-order valence-electron chi connectivity index (χ1n) is 21.8. The van der Waals surface area contributed by atoms with Crippen LogP contribution in [0.25, 0.3) is 16.5 Å². The summed E-state index contributed by atoms with van der Waals surface area (Å²) >= 11 is 1.03. The molecule has 3 heterocycles. The monoisotopic (exact) mass is 1000 g/mol. The molecule has 2 atom stereocenters. The number of ether oxygens (including phenoxy) is 1. The number of alkyl halides is 3. The number of unbranched alkanes of at least 4 members (excludes halogenated alkanes) is 1. The third-order valence-corrected chi connectivity index (χ3v) is 11.0. The Kier molecular flexibility index (Phi) is 45.1. The van der Waals surface area contributed by atoms with Crippen LogP contribution in [0.3, 0.4) is 0 Å². The van der Waals surface area contributed by atoms with E-state index in [-0.39, 0.29) is 29.7 Å². The van der Waals surface area contributed by atoms with E-state index in [2.05, 4.69) is 113 Å². The van der Waals surface area contributed by atoms with Crippen molar-refractivity contribution >= 4 is 50.6 Å². The third kappa shape index (κ3) is 32.4. The van der Waals surface area contributed by atoms with Crippen molar-refractivity contribution < 1.29 is 35.9 Å². The number of fused-ring (bicyclic) bond motifs is 1. The number of amides is 2. The van der Waals surface area contributed by atoms with E-state index in [4.69, 9.17) is 4.74 Å². The predicted molar refractivity (Wildman–Crippen MR) is 288 cm³/mol.